The zero-order valence-electron chi connectivity index (χ0n) is 13.9. The number of hydrogen-bond acceptors (Lipinski definition) is 5. The molecule has 0 amide bonds. The molecule has 0 saturated carbocycles. The summed E-state index contributed by atoms with van der Waals surface area (Å²) in [5.74, 6) is 0.708. The highest BCUT2D eigenvalue weighted by atomic mass is 32.2. The molecule has 2 heterocycles. The highest BCUT2D eigenvalue weighted by Crippen LogP contribution is 2.31. The van der Waals surface area contributed by atoms with Crippen LogP contribution in [0.3, 0.4) is 0 Å². The molecule has 0 radical (unpaired) electrons. The second-order valence-corrected chi connectivity index (χ2v) is 7.87. The standard InChI is InChI=1S/C17H22N4O2S/c1-13-18-11-14(17(20-13)16-9-6-10-21(16)2)12-19-24(22,23)15-7-4-3-5-8-15/h3-5,7-8,11,16,19H,6,9-10,12H2,1-2H3/t16-/m1/s1. The third-order valence-corrected chi connectivity index (χ3v) is 5.78. The van der Waals surface area contributed by atoms with Gasteiger partial charge >= 0.3 is 0 Å². The van der Waals surface area contributed by atoms with E-state index in [1.54, 1.807) is 36.5 Å². The van der Waals surface area contributed by atoms with E-state index in [1.807, 2.05) is 6.92 Å². The van der Waals surface area contributed by atoms with Crippen molar-refractivity contribution in [1.82, 2.24) is 19.6 Å². The second kappa shape index (κ2) is 6.96. The van der Waals surface area contributed by atoms with Gasteiger partial charge in [0.05, 0.1) is 16.6 Å². The zero-order chi connectivity index (χ0) is 17.2. The van der Waals surface area contributed by atoms with Gasteiger partial charge < -0.3 is 0 Å². The minimum absolute atomic E-state index is 0.192. The lowest BCUT2D eigenvalue weighted by Crippen LogP contribution is -2.26. The lowest BCUT2D eigenvalue weighted by atomic mass is 10.1. The maximum absolute atomic E-state index is 12.4. The average Bonchev–Trinajstić information content (AvgIpc) is 3.00. The van der Waals surface area contributed by atoms with Crippen molar-refractivity contribution in [2.24, 2.45) is 0 Å². The molecule has 7 heteroatoms. The van der Waals surface area contributed by atoms with Crippen molar-refractivity contribution in [3.8, 4) is 0 Å². The quantitative estimate of drug-likeness (QED) is 0.896. The summed E-state index contributed by atoms with van der Waals surface area (Å²) in [5.41, 5.74) is 1.76. The molecule has 24 heavy (non-hydrogen) atoms. The molecule has 0 spiro atoms. The summed E-state index contributed by atoms with van der Waals surface area (Å²) < 4.78 is 27.5. The molecule has 128 valence electrons. The van der Waals surface area contributed by atoms with E-state index in [4.69, 9.17) is 0 Å². The van der Waals surface area contributed by atoms with E-state index < -0.39 is 10.0 Å². The van der Waals surface area contributed by atoms with Crippen molar-refractivity contribution in [1.29, 1.82) is 0 Å². The first kappa shape index (κ1) is 17.0. The Morgan fingerprint density at radius 2 is 2.04 bits per heavy atom. The molecule has 1 fully saturated rings. The van der Waals surface area contributed by atoms with Crippen molar-refractivity contribution in [2.45, 2.75) is 37.2 Å². The van der Waals surface area contributed by atoms with Crippen LogP contribution in [0.1, 0.15) is 36.0 Å². The van der Waals surface area contributed by atoms with Gasteiger partial charge in [0.25, 0.3) is 0 Å². The van der Waals surface area contributed by atoms with Gasteiger partial charge in [-0.2, -0.15) is 0 Å². The fraction of sp³-hybridized carbons (Fsp3) is 0.412. The summed E-state index contributed by atoms with van der Waals surface area (Å²) in [7, 11) is -1.47. The number of sulfonamides is 1. The lowest BCUT2D eigenvalue weighted by molar-refractivity contribution is 0.309. The molecule has 1 atom stereocenters. The van der Waals surface area contributed by atoms with Crippen LogP contribution < -0.4 is 4.72 Å². The fourth-order valence-electron chi connectivity index (χ4n) is 3.05. The fourth-order valence-corrected chi connectivity index (χ4v) is 4.08. The van der Waals surface area contributed by atoms with Gasteiger partial charge in [-0.05, 0) is 45.5 Å². The molecule has 0 unspecified atom stereocenters. The van der Waals surface area contributed by atoms with E-state index in [9.17, 15) is 8.42 Å². The average molecular weight is 346 g/mol. The molecule has 3 rings (SSSR count). The molecule has 1 aromatic carbocycles. The number of nitrogens with one attached hydrogen (secondary N) is 1. The van der Waals surface area contributed by atoms with Crippen molar-refractivity contribution in [2.75, 3.05) is 13.6 Å². The topological polar surface area (TPSA) is 75.2 Å². The normalized spacial score (nSPS) is 18.8. The predicted octanol–water partition coefficient (Wildman–Crippen LogP) is 2.03. The van der Waals surface area contributed by atoms with Gasteiger partial charge in [-0.3, -0.25) is 4.90 Å². The van der Waals surface area contributed by atoms with Gasteiger partial charge in [-0.1, -0.05) is 18.2 Å². The summed E-state index contributed by atoms with van der Waals surface area (Å²) >= 11 is 0. The van der Waals surface area contributed by atoms with Crippen LogP contribution in [0.4, 0.5) is 0 Å². The highest BCUT2D eigenvalue weighted by Gasteiger charge is 2.27. The van der Waals surface area contributed by atoms with Crippen LogP contribution in [0.15, 0.2) is 41.4 Å². The minimum atomic E-state index is -3.54. The largest absolute Gasteiger partial charge is 0.298 e. The Labute approximate surface area is 143 Å². The Morgan fingerprint density at radius 1 is 1.29 bits per heavy atom. The summed E-state index contributed by atoms with van der Waals surface area (Å²) in [6.45, 7) is 3.08. The van der Waals surface area contributed by atoms with E-state index in [-0.39, 0.29) is 17.5 Å². The first-order valence-electron chi connectivity index (χ1n) is 8.05. The number of rotatable bonds is 5. The molecular formula is C17H22N4O2S. The van der Waals surface area contributed by atoms with E-state index in [0.29, 0.717) is 5.82 Å². The molecule has 0 bridgehead atoms. The van der Waals surface area contributed by atoms with E-state index >= 15 is 0 Å². The van der Waals surface area contributed by atoms with Crippen LogP contribution in [0.5, 0.6) is 0 Å². The van der Waals surface area contributed by atoms with Gasteiger partial charge in [-0.25, -0.2) is 23.1 Å². The van der Waals surface area contributed by atoms with Gasteiger partial charge in [-0.15, -0.1) is 0 Å². The zero-order valence-corrected chi connectivity index (χ0v) is 14.8. The number of aromatic nitrogens is 2. The second-order valence-electron chi connectivity index (χ2n) is 6.10. The Kier molecular flexibility index (Phi) is 4.93. The number of likely N-dealkylation sites (tertiary alicyclic amines) is 1. The third-order valence-electron chi connectivity index (χ3n) is 4.36. The Balaban J connectivity index is 1.83. The van der Waals surface area contributed by atoms with Crippen LogP contribution >= 0.6 is 0 Å². The molecule has 1 saturated heterocycles. The molecule has 1 aliphatic heterocycles. The predicted molar refractivity (Wildman–Crippen MR) is 91.8 cm³/mol. The molecule has 2 aromatic rings. The van der Waals surface area contributed by atoms with E-state index in [0.717, 1.165) is 30.6 Å². The first-order valence-corrected chi connectivity index (χ1v) is 9.53. The van der Waals surface area contributed by atoms with E-state index in [2.05, 4.69) is 26.6 Å². The van der Waals surface area contributed by atoms with Crippen LogP contribution in [0.2, 0.25) is 0 Å². The summed E-state index contributed by atoms with van der Waals surface area (Å²) in [5, 5.41) is 0. The summed E-state index contributed by atoms with van der Waals surface area (Å²) in [6.07, 6.45) is 3.89. The molecule has 1 aliphatic rings. The van der Waals surface area contributed by atoms with E-state index in [1.165, 1.54) is 0 Å². The third kappa shape index (κ3) is 3.63. The smallest absolute Gasteiger partial charge is 0.240 e. The summed E-state index contributed by atoms with van der Waals surface area (Å²) in [6, 6.07) is 8.60. The molecule has 1 N–H and O–H groups in total. The Bertz CT molecular complexity index is 809. The van der Waals surface area contributed by atoms with Crippen molar-refractivity contribution in [3.63, 3.8) is 0 Å². The van der Waals surface area contributed by atoms with Crippen LogP contribution in [0.25, 0.3) is 0 Å². The van der Waals surface area contributed by atoms with Crippen LogP contribution in [-0.4, -0.2) is 36.9 Å². The Hall–Kier alpha value is -1.83. The number of hydrogen-bond donors (Lipinski definition) is 1. The van der Waals surface area contributed by atoms with Crippen molar-refractivity contribution < 1.29 is 8.42 Å². The lowest BCUT2D eigenvalue weighted by Gasteiger charge is -2.21. The van der Waals surface area contributed by atoms with Gasteiger partial charge in [0.2, 0.25) is 10.0 Å². The number of benzene rings is 1. The van der Waals surface area contributed by atoms with Crippen LogP contribution in [0, 0.1) is 6.92 Å². The summed E-state index contributed by atoms with van der Waals surface area (Å²) in [4.78, 5) is 11.4. The minimum Gasteiger partial charge on any atom is -0.298 e. The number of nitrogens with zero attached hydrogens (tertiary/aromatic N) is 3. The van der Waals surface area contributed by atoms with Gasteiger partial charge in [0, 0.05) is 18.3 Å². The molecule has 6 nitrogen and oxygen atoms in total. The first-order chi connectivity index (χ1) is 11.5. The molecule has 0 aliphatic carbocycles. The monoisotopic (exact) mass is 346 g/mol. The molecule has 1 aromatic heterocycles. The van der Waals surface area contributed by atoms with Crippen molar-refractivity contribution in [3.05, 3.63) is 53.6 Å². The van der Waals surface area contributed by atoms with Gasteiger partial charge in [0.1, 0.15) is 5.82 Å². The van der Waals surface area contributed by atoms with Crippen LogP contribution in [-0.2, 0) is 16.6 Å². The molecular weight excluding hydrogens is 324 g/mol. The Morgan fingerprint density at radius 3 is 2.71 bits per heavy atom. The van der Waals surface area contributed by atoms with Crippen molar-refractivity contribution >= 4 is 10.0 Å². The van der Waals surface area contributed by atoms with Gasteiger partial charge in [0.15, 0.2) is 0 Å². The highest BCUT2D eigenvalue weighted by molar-refractivity contribution is 7.89. The maximum Gasteiger partial charge on any atom is 0.240 e. The SMILES string of the molecule is Cc1ncc(CNS(=O)(=O)c2ccccc2)c([C@H]2CCCN2C)n1. The number of aryl methyl sites for hydroxylation is 1. The maximum atomic E-state index is 12.4.